The fraction of sp³-hybridized carbons (Fsp3) is 0.214. The standard InChI is InChI=1S/C14H15NO2/c1-11(2)14(17)9-8-13(16)7-6-12-5-3-4-10-15-12/h3-7,10H,1,8-9H2,2H3/b7-6+. The number of rotatable bonds is 6. The Morgan fingerprint density at radius 1 is 1.35 bits per heavy atom. The van der Waals surface area contributed by atoms with E-state index >= 15 is 0 Å². The number of hydrogen-bond acceptors (Lipinski definition) is 3. The summed E-state index contributed by atoms with van der Waals surface area (Å²) in [5.41, 5.74) is 1.22. The lowest BCUT2D eigenvalue weighted by Crippen LogP contribution is -2.02. The van der Waals surface area contributed by atoms with Gasteiger partial charge in [-0.25, -0.2) is 0 Å². The van der Waals surface area contributed by atoms with Gasteiger partial charge in [0.2, 0.25) is 0 Å². The zero-order valence-corrected chi connectivity index (χ0v) is 9.85. The summed E-state index contributed by atoms with van der Waals surface area (Å²) in [5, 5.41) is 0. The van der Waals surface area contributed by atoms with Crippen molar-refractivity contribution in [3.05, 3.63) is 48.3 Å². The number of pyridine rings is 1. The number of hydrogen-bond donors (Lipinski definition) is 0. The van der Waals surface area contributed by atoms with Crippen molar-refractivity contribution in [1.82, 2.24) is 4.98 Å². The van der Waals surface area contributed by atoms with Gasteiger partial charge in [0, 0.05) is 19.0 Å². The van der Waals surface area contributed by atoms with Crippen LogP contribution in [0, 0.1) is 0 Å². The largest absolute Gasteiger partial charge is 0.295 e. The third-order valence-electron chi connectivity index (χ3n) is 2.20. The molecule has 0 aromatic carbocycles. The molecule has 0 bridgehead atoms. The summed E-state index contributed by atoms with van der Waals surface area (Å²) in [6.07, 6.45) is 5.20. The molecular formula is C14H15NO2. The molecule has 3 heteroatoms. The quantitative estimate of drug-likeness (QED) is 0.704. The molecule has 0 saturated heterocycles. The van der Waals surface area contributed by atoms with E-state index in [2.05, 4.69) is 11.6 Å². The topological polar surface area (TPSA) is 47.0 Å². The summed E-state index contributed by atoms with van der Waals surface area (Å²) in [4.78, 5) is 26.7. The number of nitrogens with zero attached hydrogens (tertiary/aromatic N) is 1. The normalized spacial score (nSPS) is 10.4. The second-order valence-electron chi connectivity index (χ2n) is 3.76. The molecule has 0 fully saturated rings. The van der Waals surface area contributed by atoms with Crippen molar-refractivity contribution in [2.24, 2.45) is 0 Å². The van der Waals surface area contributed by atoms with Crippen LogP contribution in [0.2, 0.25) is 0 Å². The van der Waals surface area contributed by atoms with E-state index in [1.165, 1.54) is 6.08 Å². The highest BCUT2D eigenvalue weighted by atomic mass is 16.1. The minimum atomic E-state index is -0.0785. The minimum Gasteiger partial charge on any atom is -0.295 e. The van der Waals surface area contributed by atoms with Gasteiger partial charge in [-0.05, 0) is 36.8 Å². The van der Waals surface area contributed by atoms with E-state index in [0.717, 1.165) is 5.69 Å². The molecule has 0 aliphatic heterocycles. The lowest BCUT2D eigenvalue weighted by molar-refractivity contribution is -0.120. The van der Waals surface area contributed by atoms with Crippen molar-refractivity contribution in [1.29, 1.82) is 0 Å². The predicted octanol–water partition coefficient (Wildman–Crippen LogP) is 2.59. The maximum Gasteiger partial charge on any atom is 0.158 e. The van der Waals surface area contributed by atoms with Gasteiger partial charge in [0.1, 0.15) is 0 Å². The maximum atomic E-state index is 11.4. The number of aromatic nitrogens is 1. The third-order valence-corrected chi connectivity index (χ3v) is 2.20. The van der Waals surface area contributed by atoms with Gasteiger partial charge in [0.05, 0.1) is 5.69 Å². The Kier molecular flexibility index (Phi) is 5.01. The van der Waals surface area contributed by atoms with Crippen molar-refractivity contribution in [2.45, 2.75) is 19.8 Å². The van der Waals surface area contributed by atoms with Crippen molar-refractivity contribution < 1.29 is 9.59 Å². The first-order chi connectivity index (χ1) is 8.09. The average molecular weight is 229 g/mol. The monoisotopic (exact) mass is 229 g/mol. The fourth-order valence-electron chi connectivity index (χ4n) is 1.19. The maximum absolute atomic E-state index is 11.4. The molecule has 0 radical (unpaired) electrons. The molecule has 17 heavy (non-hydrogen) atoms. The predicted molar refractivity (Wildman–Crippen MR) is 67.3 cm³/mol. The molecule has 1 aromatic rings. The Hall–Kier alpha value is -2.03. The molecule has 1 rings (SSSR count). The lowest BCUT2D eigenvalue weighted by Gasteiger charge is -1.96. The zero-order valence-electron chi connectivity index (χ0n) is 9.85. The van der Waals surface area contributed by atoms with Crippen molar-refractivity contribution in [3.63, 3.8) is 0 Å². The Labute approximate surface area is 101 Å². The summed E-state index contributed by atoms with van der Waals surface area (Å²) in [6.45, 7) is 5.19. The molecule has 0 aliphatic rings. The molecule has 3 nitrogen and oxygen atoms in total. The number of Topliss-reactive ketones (excluding diaryl/α,β-unsaturated/α-hetero) is 1. The Morgan fingerprint density at radius 2 is 2.12 bits per heavy atom. The van der Waals surface area contributed by atoms with Crippen LogP contribution in [0.1, 0.15) is 25.5 Å². The molecule has 1 heterocycles. The van der Waals surface area contributed by atoms with E-state index in [1.807, 2.05) is 18.2 Å². The van der Waals surface area contributed by atoms with Gasteiger partial charge >= 0.3 is 0 Å². The van der Waals surface area contributed by atoms with E-state index < -0.39 is 0 Å². The van der Waals surface area contributed by atoms with Crippen LogP contribution in [0.25, 0.3) is 6.08 Å². The second kappa shape index (κ2) is 6.53. The summed E-state index contributed by atoms with van der Waals surface area (Å²) in [7, 11) is 0. The van der Waals surface area contributed by atoms with E-state index in [9.17, 15) is 9.59 Å². The van der Waals surface area contributed by atoms with E-state index in [1.54, 1.807) is 19.2 Å². The highest BCUT2D eigenvalue weighted by molar-refractivity contribution is 5.99. The van der Waals surface area contributed by atoms with Gasteiger partial charge in [0.15, 0.2) is 11.6 Å². The Balaban J connectivity index is 2.43. The molecule has 88 valence electrons. The number of carbonyl (C=O) groups excluding carboxylic acids is 2. The van der Waals surface area contributed by atoms with Crippen LogP contribution in [-0.2, 0) is 9.59 Å². The van der Waals surface area contributed by atoms with E-state index in [-0.39, 0.29) is 24.4 Å². The minimum absolute atomic E-state index is 0.0652. The second-order valence-corrected chi connectivity index (χ2v) is 3.76. The molecule has 0 atom stereocenters. The van der Waals surface area contributed by atoms with Gasteiger partial charge < -0.3 is 0 Å². The zero-order chi connectivity index (χ0) is 12.7. The number of carbonyl (C=O) groups is 2. The number of ketones is 2. The van der Waals surface area contributed by atoms with Crippen molar-refractivity contribution in [2.75, 3.05) is 0 Å². The summed E-state index contributed by atoms with van der Waals surface area (Å²) < 4.78 is 0. The first kappa shape index (κ1) is 13.0. The fourth-order valence-corrected chi connectivity index (χ4v) is 1.19. The first-order valence-electron chi connectivity index (χ1n) is 5.40. The van der Waals surface area contributed by atoms with Crippen LogP contribution in [0.3, 0.4) is 0 Å². The highest BCUT2D eigenvalue weighted by Crippen LogP contribution is 2.02. The number of allylic oxidation sites excluding steroid dienone is 2. The molecule has 0 N–H and O–H groups in total. The Morgan fingerprint density at radius 3 is 2.71 bits per heavy atom. The van der Waals surface area contributed by atoms with Crippen molar-refractivity contribution in [3.8, 4) is 0 Å². The molecular weight excluding hydrogens is 214 g/mol. The van der Waals surface area contributed by atoms with Crippen LogP contribution < -0.4 is 0 Å². The summed E-state index contributed by atoms with van der Waals surface area (Å²) in [5.74, 6) is -0.144. The highest BCUT2D eigenvalue weighted by Gasteiger charge is 2.04. The third kappa shape index (κ3) is 5.02. The van der Waals surface area contributed by atoms with Crippen LogP contribution in [0.5, 0.6) is 0 Å². The molecule has 0 amide bonds. The van der Waals surface area contributed by atoms with Gasteiger partial charge in [-0.1, -0.05) is 12.6 Å². The molecule has 0 spiro atoms. The van der Waals surface area contributed by atoms with Gasteiger partial charge in [-0.15, -0.1) is 0 Å². The Bertz CT molecular complexity index is 447. The van der Waals surface area contributed by atoms with Crippen LogP contribution in [0.4, 0.5) is 0 Å². The molecule has 1 aromatic heterocycles. The molecule has 0 aliphatic carbocycles. The van der Waals surface area contributed by atoms with Gasteiger partial charge in [-0.3, -0.25) is 14.6 Å². The van der Waals surface area contributed by atoms with E-state index in [0.29, 0.717) is 5.57 Å². The molecule has 0 unspecified atom stereocenters. The van der Waals surface area contributed by atoms with Crippen LogP contribution in [-0.4, -0.2) is 16.6 Å². The average Bonchev–Trinajstić information content (AvgIpc) is 2.34. The van der Waals surface area contributed by atoms with Crippen LogP contribution in [0.15, 0.2) is 42.6 Å². The van der Waals surface area contributed by atoms with Crippen molar-refractivity contribution >= 4 is 17.6 Å². The first-order valence-corrected chi connectivity index (χ1v) is 5.40. The lowest BCUT2D eigenvalue weighted by atomic mass is 10.1. The van der Waals surface area contributed by atoms with Crippen LogP contribution >= 0.6 is 0 Å². The summed E-state index contributed by atoms with van der Waals surface area (Å²) >= 11 is 0. The van der Waals surface area contributed by atoms with Gasteiger partial charge in [-0.2, -0.15) is 0 Å². The smallest absolute Gasteiger partial charge is 0.158 e. The van der Waals surface area contributed by atoms with E-state index in [4.69, 9.17) is 0 Å². The molecule has 0 saturated carbocycles. The van der Waals surface area contributed by atoms with Gasteiger partial charge in [0.25, 0.3) is 0 Å². The summed E-state index contributed by atoms with van der Waals surface area (Å²) in [6, 6.07) is 5.47. The SMILES string of the molecule is C=C(C)C(=O)CCC(=O)/C=C/c1ccccn1.